The van der Waals surface area contributed by atoms with Gasteiger partial charge in [-0.25, -0.2) is 0 Å². The number of hydrogen-bond donors (Lipinski definition) is 1. The predicted molar refractivity (Wildman–Crippen MR) is 81.8 cm³/mol. The lowest BCUT2D eigenvalue weighted by atomic mass is 9.80. The zero-order valence-electron chi connectivity index (χ0n) is 13.3. The van der Waals surface area contributed by atoms with E-state index in [1.54, 1.807) is 0 Å². The van der Waals surface area contributed by atoms with Crippen LogP contribution in [0.5, 0.6) is 0 Å². The molecule has 21 heavy (non-hydrogen) atoms. The van der Waals surface area contributed by atoms with Gasteiger partial charge in [-0.3, -0.25) is 4.90 Å². The van der Waals surface area contributed by atoms with Crippen molar-refractivity contribution < 1.29 is 5.11 Å². The third kappa shape index (κ3) is 2.99. The topological polar surface area (TPSA) is 54.2 Å². The number of rotatable bonds is 4. The van der Waals surface area contributed by atoms with E-state index in [1.807, 2.05) is 0 Å². The molecule has 1 N–H and O–H groups in total. The first-order chi connectivity index (χ1) is 10.2. The van der Waals surface area contributed by atoms with Crippen molar-refractivity contribution in [2.45, 2.75) is 70.6 Å². The number of aromatic nitrogens is 3. The number of aliphatic hydroxyl groups excluding tert-OH is 1. The van der Waals surface area contributed by atoms with Crippen molar-refractivity contribution in [1.82, 2.24) is 19.7 Å². The van der Waals surface area contributed by atoms with Crippen molar-refractivity contribution in [3.8, 4) is 0 Å². The predicted octanol–water partition coefficient (Wildman–Crippen LogP) is 1.89. The monoisotopic (exact) mass is 292 g/mol. The molecule has 118 valence electrons. The van der Waals surface area contributed by atoms with Crippen molar-refractivity contribution in [2.24, 2.45) is 13.0 Å². The summed E-state index contributed by atoms with van der Waals surface area (Å²) in [5.74, 6) is 2.57. The molecule has 0 aromatic carbocycles. The molecule has 0 bridgehead atoms. The summed E-state index contributed by atoms with van der Waals surface area (Å²) in [5, 5.41) is 19.0. The summed E-state index contributed by atoms with van der Waals surface area (Å²) in [6.07, 6.45) is 7.92. The molecule has 1 saturated heterocycles. The van der Waals surface area contributed by atoms with Gasteiger partial charge in [0, 0.05) is 25.4 Å². The molecule has 1 aliphatic carbocycles. The molecule has 3 atom stereocenters. The third-order valence-electron chi connectivity index (χ3n) is 5.41. The van der Waals surface area contributed by atoms with Gasteiger partial charge >= 0.3 is 0 Å². The Kier molecular flexibility index (Phi) is 4.60. The van der Waals surface area contributed by atoms with E-state index in [9.17, 15) is 5.11 Å². The van der Waals surface area contributed by atoms with Gasteiger partial charge in [-0.1, -0.05) is 19.8 Å². The minimum atomic E-state index is -0.102. The molecule has 1 aliphatic heterocycles. The molecule has 1 aromatic rings. The largest absolute Gasteiger partial charge is 0.393 e. The highest BCUT2D eigenvalue weighted by atomic mass is 16.3. The summed E-state index contributed by atoms with van der Waals surface area (Å²) < 4.78 is 2.13. The smallest absolute Gasteiger partial charge is 0.146 e. The molecule has 1 aromatic heterocycles. The van der Waals surface area contributed by atoms with Crippen molar-refractivity contribution in [2.75, 3.05) is 6.54 Å². The fraction of sp³-hybridized carbons (Fsp3) is 0.875. The zero-order chi connectivity index (χ0) is 14.8. The molecule has 1 saturated carbocycles. The van der Waals surface area contributed by atoms with Crippen LogP contribution in [0.25, 0.3) is 0 Å². The van der Waals surface area contributed by atoms with Crippen LogP contribution in [-0.4, -0.2) is 43.5 Å². The van der Waals surface area contributed by atoms with Gasteiger partial charge in [-0.05, 0) is 32.2 Å². The van der Waals surface area contributed by atoms with Gasteiger partial charge in [0.2, 0.25) is 0 Å². The number of nitrogens with zero attached hydrogens (tertiary/aromatic N) is 4. The summed E-state index contributed by atoms with van der Waals surface area (Å²) in [6.45, 7) is 4.12. The lowest BCUT2D eigenvalue weighted by Gasteiger charge is -2.37. The van der Waals surface area contributed by atoms with Crippen LogP contribution in [0.4, 0.5) is 0 Å². The molecule has 3 rings (SSSR count). The fourth-order valence-corrected chi connectivity index (χ4v) is 4.15. The molecule has 2 aliphatic rings. The zero-order valence-corrected chi connectivity index (χ0v) is 13.3. The fourth-order valence-electron chi connectivity index (χ4n) is 4.15. The third-order valence-corrected chi connectivity index (χ3v) is 5.41. The molecule has 5 heteroatoms. The van der Waals surface area contributed by atoms with Gasteiger partial charge in [-0.15, -0.1) is 10.2 Å². The van der Waals surface area contributed by atoms with E-state index < -0.39 is 0 Å². The molecular weight excluding hydrogens is 264 g/mol. The second kappa shape index (κ2) is 6.44. The second-order valence-electron chi connectivity index (χ2n) is 6.64. The van der Waals surface area contributed by atoms with E-state index in [0.717, 1.165) is 37.6 Å². The standard InChI is InChI=1S/C16H28N4O/c1-3-15-17-18-16(19(15)2)11-20-10-6-8-13(20)12-7-4-5-9-14(12)21/h12-14,21H,3-11H2,1-2H3/t12-,13-,14-/m1/s1. The van der Waals surface area contributed by atoms with Crippen LogP contribution in [0.2, 0.25) is 0 Å². The number of aliphatic hydroxyl groups is 1. The number of aryl methyl sites for hydroxylation is 1. The van der Waals surface area contributed by atoms with E-state index >= 15 is 0 Å². The molecule has 0 radical (unpaired) electrons. The average molecular weight is 292 g/mol. The van der Waals surface area contributed by atoms with E-state index in [1.165, 1.54) is 32.1 Å². The summed E-state index contributed by atoms with van der Waals surface area (Å²) >= 11 is 0. The Hall–Kier alpha value is -0.940. The molecule has 2 heterocycles. The maximum atomic E-state index is 10.4. The van der Waals surface area contributed by atoms with Crippen LogP contribution in [0.15, 0.2) is 0 Å². The Morgan fingerprint density at radius 3 is 2.57 bits per heavy atom. The summed E-state index contributed by atoms with van der Waals surface area (Å²) in [6, 6.07) is 0.530. The maximum absolute atomic E-state index is 10.4. The van der Waals surface area contributed by atoms with Gasteiger partial charge in [0.15, 0.2) is 0 Å². The molecule has 2 fully saturated rings. The molecule has 0 spiro atoms. The molecular formula is C16H28N4O. The average Bonchev–Trinajstić information content (AvgIpc) is 3.08. The summed E-state index contributed by atoms with van der Waals surface area (Å²) in [7, 11) is 2.06. The van der Waals surface area contributed by atoms with E-state index in [-0.39, 0.29) is 6.10 Å². The first-order valence-electron chi connectivity index (χ1n) is 8.50. The van der Waals surface area contributed by atoms with Gasteiger partial charge in [0.05, 0.1) is 12.6 Å². The van der Waals surface area contributed by atoms with Crippen LogP contribution in [0, 0.1) is 5.92 Å². The highest BCUT2D eigenvalue weighted by molar-refractivity contribution is 4.98. The van der Waals surface area contributed by atoms with Crippen LogP contribution in [0.3, 0.4) is 0 Å². The van der Waals surface area contributed by atoms with Crippen molar-refractivity contribution in [3.63, 3.8) is 0 Å². The lowest BCUT2D eigenvalue weighted by Crippen LogP contribution is -2.42. The Bertz CT molecular complexity index is 473. The van der Waals surface area contributed by atoms with Crippen LogP contribution in [0.1, 0.15) is 57.1 Å². The van der Waals surface area contributed by atoms with Crippen molar-refractivity contribution in [1.29, 1.82) is 0 Å². The Morgan fingerprint density at radius 1 is 1.10 bits per heavy atom. The summed E-state index contributed by atoms with van der Waals surface area (Å²) in [5.41, 5.74) is 0. The minimum Gasteiger partial charge on any atom is -0.393 e. The number of hydrogen-bond acceptors (Lipinski definition) is 4. The van der Waals surface area contributed by atoms with Crippen LogP contribution < -0.4 is 0 Å². The lowest BCUT2D eigenvalue weighted by molar-refractivity contribution is 0.0193. The molecule has 0 unspecified atom stereocenters. The van der Waals surface area contributed by atoms with Gasteiger partial charge in [-0.2, -0.15) is 0 Å². The Labute approximate surface area is 127 Å². The Morgan fingerprint density at radius 2 is 1.86 bits per heavy atom. The van der Waals surface area contributed by atoms with Gasteiger partial charge in [0.1, 0.15) is 11.6 Å². The maximum Gasteiger partial charge on any atom is 0.146 e. The van der Waals surface area contributed by atoms with E-state index in [0.29, 0.717) is 12.0 Å². The highest BCUT2D eigenvalue weighted by Gasteiger charge is 2.37. The Balaban J connectivity index is 1.70. The second-order valence-corrected chi connectivity index (χ2v) is 6.64. The van der Waals surface area contributed by atoms with E-state index in [2.05, 4.69) is 33.6 Å². The van der Waals surface area contributed by atoms with Crippen molar-refractivity contribution >= 4 is 0 Å². The number of likely N-dealkylation sites (tertiary alicyclic amines) is 1. The minimum absolute atomic E-state index is 0.102. The van der Waals surface area contributed by atoms with Crippen LogP contribution in [-0.2, 0) is 20.0 Å². The summed E-state index contributed by atoms with van der Waals surface area (Å²) in [4.78, 5) is 2.53. The van der Waals surface area contributed by atoms with Gasteiger partial charge in [0.25, 0.3) is 0 Å². The normalized spacial score (nSPS) is 30.9. The van der Waals surface area contributed by atoms with Crippen molar-refractivity contribution in [3.05, 3.63) is 11.6 Å². The quantitative estimate of drug-likeness (QED) is 0.921. The van der Waals surface area contributed by atoms with Gasteiger partial charge < -0.3 is 9.67 Å². The highest BCUT2D eigenvalue weighted by Crippen LogP contribution is 2.35. The first-order valence-corrected chi connectivity index (χ1v) is 8.50. The van der Waals surface area contributed by atoms with Crippen LogP contribution >= 0.6 is 0 Å². The molecule has 5 nitrogen and oxygen atoms in total. The molecule has 0 amide bonds. The first kappa shape index (κ1) is 15.0. The van der Waals surface area contributed by atoms with E-state index in [4.69, 9.17) is 0 Å². The SMILES string of the molecule is CCc1nnc(CN2CCC[C@@H]2[C@H]2CCCC[C@H]2O)n1C.